The molecule has 0 aliphatic rings. The van der Waals surface area contributed by atoms with Gasteiger partial charge in [0.15, 0.2) is 5.96 Å². The molecule has 0 unspecified atom stereocenters. The molecule has 0 atom stereocenters. The monoisotopic (exact) mass is 283 g/mol. The predicted octanol–water partition coefficient (Wildman–Crippen LogP) is 1.57. The van der Waals surface area contributed by atoms with Crippen molar-refractivity contribution in [2.75, 3.05) is 13.1 Å². The minimum Gasteiger partial charge on any atom is -0.370 e. The van der Waals surface area contributed by atoms with Gasteiger partial charge in [-0.15, -0.1) is 12.4 Å². The van der Waals surface area contributed by atoms with E-state index >= 15 is 0 Å². The second-order valence-corrected chi connectivity index (χ2v) is 4.08. The summed E-state index contributed by atoms with van der Waals surface area (Å²) in [6.07, 6.45) is 1.83. The van der Waals surface area contributed by atoms with Crippen molar-refractivity contribution in [3.8, 4) is 0 Å². The van der Waals surface area contributed by atoms with Gasteiger partial charge in [0.2, 0.25) is 5.96 Å². The van der Waals surface area contributed by atoms with Crippen molar-refractivity contribution >= 4 is 24.3 Å². The Balaban J connectivity index is 0.00000324. The number of nitrogens with zero attached hydrogens (tertiary/aromatic N) is 2. The molecular weight excluding hydrogens is 262 g/mol. The van der Waals surface area contributed by atoms with Crippen LogP contribution in [0.15, 0.2) is 35.3 Å². The van der Waals surface area contributed by atoms with E-state index in [2.05, 4.69) is 24.0 Å². The fourth-order valence-electron chi connectivity index (χ4n) is 1.70. The molecule has 1 aromatic rings. The molecule has 0 saturated heterocycles. The van der Waals surface area contributed by atoms with Gasteiger partial charge in [0.05, 0.1) is 0 Å². The van der Waals surface area contributed by atoms with E-state index in [9.17, 15) is 0 Å². The van der Waals surface area contributed by atoms with Crippen LogP contribution in [-0.2, 0) is 6.42 Å². The van der Waals surface area contributed by atoms with Crippen LogP contribution < -0.4 is 11.5 Å². The van der Waals surface area contributed by atoms with Gasteiger partial charge >= 0.3 is 0 Å². The van der Waals surface area contributed by atoms with Crippen molar-refractivity contribution in [1.82, 2.24) is 4.90 Å². The van der Waals surface area contributed by atoms with Crippen LogP contribution in [0.3, 0.4) is 0 Å². The van der Waals surface area contributed by atoms with Gasteiger partial charge in [-0.25, -0.2) is 0 Å². The molecule has 5 N–H and O–H groups in total. The second kappa shape index (κ2) is 9.22. The van der Waals surface area contributed by atoms with Crippen molar-refractivity contribution < 1.29 is 0 Å². The van der Waals surface area contributed by atoms with Gasteiger partial charge in [-0.05, 0) is 18.4 Å². The normalized spacial score (nSPS) is 9.32. The average molecular weight is 284 g/mol. The van der Waals surface area contributed by atoms with Crippen molar-refractivity contribution in [1.29, 1.82) is 5.41 Å². The maximum absolute atomic E-state index is 7.82. The molecule has 106 valence electrons. The molecule has 0 radical (unpaired) electrons. The number of hydrogen-bond donors (Lipinski definition) is 3. The smallest absolute Gasteiger partial charge is 0.221 e. The van der Waals surface area contributed by atoms with Gasteiger partial charge in [0.25, 0.3) is 0 Å². The molecule has 0 aromatic heterocycles. The van der Waals surface area contributed by atoms with Gasteiger partial charge in [0, 0.05) is 13.1 Å². The fraction of sp³-hybridized carbons (Fsp3) is 0.385. The van der Waals surface area contributed by atoms with Crippen molar-refractivity contribution in [3.05, 3.63) is 35.9 Å². The summed E-state index contributed by atoms with van der Waals surface area (Å²) in [5.41, 5.74) is 11.8. The van der Waals surface area contributed by atoms with Crippen LogP contribution in [-0.4, -0.2) is 29.9 Å². The number of benzene rings is 1. The third-order valence-electron chi connectivity index (χ3n) is 2.54. The minimum absolute atomic E-state index is 0. The summed E-state index contributed by atoms with van der Waals surface area (Å²) in [7, 11) is 0. The molecule has 0 spiro atoms. The highest BCUT2D eigenvalue weighted by Crippen LogP contribution is 2.03. The zero-order valence-corrected chi connectivity index (χ0v) is 12.0. The third-order valence-corrected chi connectivity index (χ3v) is 2.54. The summed E-state index contributed by atoms with van der Waals surface area (Å²) >= 11 is 0. The predicted molar refractivity (Wildman–Crippen MR) is 82.8 cm³/mol. The van der Waals surface area contributed by atoms with Crippen LogP contribution in [0.5, 0.6) is 0 Å². The van der Waals surface area contributed by atoms with Crippen LogP contribution in [0.25, 0.3) is 0 Å². The maximum atomic E-state index is 7.82. The summed E-state index contributed by atoms with van der Waals surface area (Å²) in [6.45, 7) is 3.59. The lowest BCUT2D eigenvalue weighted by molar-refractivity contribution is 0.415. The van der Waals surface area contributed by atoms with E-state index in [0.29, 0.717) is 0 Å². The van der Waals surface area contributed by atoms with Gasteiger partial charge in [0.1, 0.15) is 0 Å². The Bertz CT molecular complexity index is 401. The average Bonchev–Trinajstić information content (AvgIpc) is 2.34. The van der Waals surface area contributed by atoms with Gasteiger partial charge < -0.3 is 16.4 Å². The molecule has 0 bridgehead atoms. The lowest BCUT2D eigenvalue weighted by Crippen LogP contribution is -2.35. The number of guanidine groups is 2. The minimum atomic E-state index is -0.0687. The molecule has 0 amide bonds. The largest absolute Gasteiger partial charge is 0.370 e. The molecule has 0 fully saturated rings. The Morgan fingerprint density at radius 1 is 1.21 bits per heavy atom. The standard InChI is InChI=1S/C13H21N5.ClH/c1-2-9-18(13(16)17-12(14)15)10-8-11-6-4-3-5-7-11;/h3-7H,2,8-10H2,1H3,(H5,14,15,16,17);1H. The van der Waals surface area contributed by atoms with Crippen LogP contribution in [0, 0.1) is 5.41 Å². The van der Waals surface area contributed by atoms with Gasteiger partial charge in [-0.2, -0.15) is 4.99 Å². The number of aliphatic imine (C=N–C) groups is 1. The Labute approximate surface area is 120 Å². The van der Waals surface area contributed by atoms with Crippen LogP contribution >= 0.6 is 12.4 Å². The molecular formula is C13H22ClN5. The summed E-state index contributed by atoms with van der Waals surface area (Å²) in [5, 5.41) is 7.82. The first-order valence-corrected chi connectivity index (χ1v) is 6.10. The van der Waals surface area contributed by atoms with E-state index in [0.717, 1.165) is 25.9 Å². The molecule has 0 saturated carbocycles. The van der Waals surface area contributed by atoms with E-state index in [1.807, 2.05) is 23.1 Å². The molecule has 1 aromatic carbocycles. The number of nitrogens with two attached hydrogens (primary N) is 2. The first-order chi connectivity index (χ1) is 8.63. The highest BCUT2D eigenvalue weighted by Gasteiger charge is 2.08. The molecule has 1 rings (SSSR count). The second-order valence-electron chi connectivity index (χ2n) is 4.08. The van der Waals surface area contributed by atoms with E-state index in [1.54, 1.807) is 0 Å². The lowest BCUT2D eigenvalue weighted by Gasteiger charge is -2.22. The molecule has 0 aliphatic carbocycles. The summed E-state index contributed by atoms with van der Waals surface area (Å²) in [6, 6.07) is 10.2. The van der Waals surface area contributed by atoms with Gasteiger partial charge in [-0.3, -0.25) is 5.41 Å². The Kier molecular flexibility index (Phi) is 8.37. The Morgan fingerprint density at radius 3 is 2.37 bits per heavy atom. The number of halogens is 1. The highest BCUT2D eigenvalue weighted by atomic mass is 35.5. The van der Waals surface area contributed by atoms with Crippen molar-refractivity contribution in [2.24, 2.45) is 16.5 Å². The van der Waals surface area contributed by atoms with Crippen LogP contribution in [0.4, 0.5) is 0 Å². The summed E-state index contributed by atoms with van der Waals surface area (Å²) in [5.74, 6) is 0.0635. The first kappa shape index (κ1) is 17.2. The number of nitrogens with one attached hydrogen (secondary N) is 1. The number of hydrogen-bond acceptors (Lipinski definition) is 1. The van der Waals surface area contributed by atoms with Crippen LogP contribution in [0.2, 0.25) is 0 Å². The molecule has 0 aliphatic heterocycles. The fourth-order valence-corrected chi connectivity index (χ4v) is 1.70. The van der Waals surface area contributed by atoms with E-state index in [-0.39, 0.29) is 24.3 Å². The first-order valence-electron chi connectivity index (χ1n) is 6.10. The van der Waals surface area contributed by atoms with E-state index < -0.39 is 0 Å². The van der Waals surface area contributed by atoms with Crippen molar-refractivity contribution in [3.63, 3.8) is 0 Å². The zero-order valence-electron chi connectivity index (χ0n) is 11.2. The number of rotatable bonds is 5. The Morgan fingerprint density at radius 2 is 1.84 bits per heavy atom. The molecule has 0 heterocycles. The Hall–Kier alpha value is -1.75. The summed E-state index contributed by atoms with van der Waals surface area (Å²) in [4.78, 5) is 5.67. The molecule has 19 heavy (non-hydrogen) atoms. The SMILES string of the molecule is CCCN(CCc1ccccc1)C(=N)N=C(N)N.Cl. The van der Waals surface area contributed by atoms with Gasteiger partial charge in [-0.1, -0.05) is 37.3 Å². The quantitative estimate of drug-likeness (QED) is 0.566. The van der Waals surface area contributed by atoms with E-state index in [4.69, 9.17) is 16.9 Å². The molecule has 5 nitrogen and oxygen atoms in total. The van der Waals surface area contributed by atoms with Crippen molar-refractivity contribution in [2.45, 2.75) is 19.8 Å². The topological polar surface area (TPSA) is 91.5 Å². The third kappa shape index (κ3) is 6.67. The maximum Gasteiger partial charge on any atom is 0.221 e. The zero-order chi connectivity index (χ0) is 13.4. The lowest BCUT2D eigenvalue weighted by atomic mass is 10.1. The van der Waals surface area contributed by atoms with Crippen LogP contribution in [0.1, 0.15) is 18.9 Å². The van der Waals surface area contributed by atoms with E-state index in [1.165, 1.54) is 5.56 Å². The highest BCUT2D eigenvalue weighted by molar-refractivity contribution is 5.91. The molecule has 6 heteroatoms. The summed E-state index contributed by atoms with van der Waals surface area (Å²) < 4.78 is 0.